The fourth-order valence-electron chi connectivity index (χ4n) is 2.28. The molecule has 0 radical (unpaired) electrons. The molecule has 122 valence electrons. The second kappa shape index (κ2) is 9.95. The van der Waals surface area contributed by atoms with Crippen LogP contribution in [-0.2, 0) is 4.79 Å². The van der Waals surface area contributed by atoms with Gasteiger partial charge in [0, 0.05) is 25.1 Å². The van der Waals surface area contributed by atoms with Crippen LogP contribution in [-0.4, -0.2) is 36.6 Å². The first kappa shape index (κ1) is 18.2. The number of aliphatic hydroxyl groups is 1. The maximum absolute atomic E-state index is 12.0. The highest BCUT2D eigenvalue weighted by Gasteiger charge is 2.06. The average Bonchev–Trinajstić information content (AvgIpc) is 2.47. The zero-order chi connectivity index (χ0) is 16.4. The van der Waals surface area contributed by atoms with Crippen molar-refractivity contribution in [2.75, 3.05) is 19.7 Å². The Morgan fingerprint density at radius 2 is 1.64 bits per heavy atom. The topological polar surface area (TPSA) is 78.4 Å². The van der Waals surface area contributed by atoms with Crippen molar-refractivity contribution >= 4 is 11.8 Å². The summed E-state index contributed by atoms with van der Waals surface area (Å²) < 4.78 is 0. The van der Waals surface area contributed by atoms with Gasteiger partial charge in [0.15, 0.2) is 0 Å². The molecule has 0 aromatic heterocycles. The van der Waals surface area contributed by atoms with Gasteiger partial charge in [-0.2, -0.15) is 0 Å². The standard InChI is InChI=1S/C17H26N2O3/c1-13-10-14(2)12-15(11-13)17(22)19-7-5-3-4-6-16(21)18-8-9-20/h10-12,20H,3-9H2,1-2H3,(H,18,21)(H,19,22). The minimum atomic E-state index is -0.0486. The highest BCUT2D eigenvalue weighted by Crippen LogP contribution is 2.08. The fraction of sp³-hybridized carbons (Fsp3) is 0.529. The van der Waals surface area contributed by atoms with Crippen LogP contribution in [0.2, 0.25) is 0 Å². The number of unbranched alkanes of at least 4 members (excludes halogenated alkanes) is 2. The first-order chi connectivity index (χ1) is 10.5. The van der Waals surface area contributed by atoms with Gasteiger partial charge in [-0.25, -0.2) is 0 Å². The van der Waals surface area contributed by atoms with Crippen LogP contribution in [0.25, 0.3) is 0 Å². The number of carbonyl (C=O) groups is 2. The van der Waals surface area contributed by atoms with Crippen LogP contribution in [0, 0.1) is 13.8 Å². The summed E-state index contributed by atoms with van der Waals surface area (Å²) >= 11 is 0. The van der Waals surface area contributed by atoms with Crippen molar-refractivity contribution in [3.63, 3.8) is 0 Å². The molecule has 1 rings (SSSR count). The Balaban J connectivity index is 2.16. The summed E-state index contributed by atoms with van der Waals surface area (Å²) in [5.41, 5.74) is 2.86. The predicted molar refractivity (Wildman–Crippen MR) is 86.8 cm³/mol. The molecule has 0 saturated heterocycles. The van der Waals surface area contributed by atoms with Gasteiger partial charge in [-0.1, -0.05) is 23.6 Å². The van der Waals surface area contributed by atoms with Gasteiger partial charge in [0.25, 0.3) is 5.91 Å². The summed E-state index contributed by atoms with van der Waals surface area (Å²) in [5, 5.41) is 14.1. The smallest absolute Gasteiger partial charge is 0.251 e. The van der Waals surface area contributed by atoms with Crippen LogP contribution in [0.3, 0.4) is 0 Å². The largest absolute Gasteiger partial charge is 0.395 e. The number of benzene rings is 1. The molecule has 2 amide bonds. The van der Waals surface area contributed by atoms with E-state index in [1.54, 1.807) is 0 Å². The average molecular weight is 306 g/mol. The van der Waals surface area contributed by atoms with Crippen molar-refractivity contribution in [1.82, 2.24) is 10.6 Å². The van der Waals surface area contributed by atoms with E-state index in [0.29, 0.717) is 25.1 Å². The van der Waals surface area contributed by atoms with Crippen molar-refractivity contribution in [3.8, 4) is 0 Å². The number of aliphatic hydroxyl groups excluding tert-OH is 1. The monoisotopic (exact) mass is 306 g/mol. The first-order valence-corrected chi connectivity index (χ1v) is 7.77. The summed E-state index contributed by atoms with van der Waals surface area (Å²) in [6.45, 7) is 4.85. The molecular weight excluding hydrogens is 280 g/mol. The number of aryl methyl sites for hydroxylation is 2. The molecule has 0 aliphatic heterocycles. The molecule has 0 aliphatic rings. The molecule has 5 nitrogen and oxygen atoms in total. The molecule has 0 saturated carbocycles. The third-order valence-corrected chi connectivity index (χ3v) is 3.28. The van der Waals surface area contributed by atoms with E-state index in [1.807, 2.05) is 32.0 Å². The molecule has 22 heavy (non-hydrogen) atoms. The molecule has 5 heteroatoms. The fourth-order valence-corrected chi connectivity index (χ4v) is 2.28. The Bertz CT molecular complexity index is 480. The van der Waals surface area contributed by atoms with Gasteiger partial charge in [0.05, 0.1) is 6.61 Å². The second-order valence-corrected chi connectivity index (χ2v) is 5.52. The van der Waals surface area contributed by atoms with E-state index in [9.17, 15) is 9.59 Å². The normalized spacial score (nSPS) is 10.3. The van der Waals surface area contributed by atoms with Crippen molar-refractivity contribution in [3.05, 3.63) is 34.9 Å². The molecule has 0 bridgehead atoms. The molecule has 1 aromatic carbocycles. The first-order valence-electron chi connectivity index (χ1n) is 7.77. The van der Waals surface area contributed by atoms with E-state index < -0.39 is 0 Å². The molecule has 1 aromatic rings. The summed E-state index contributed by atoms with van der Waals surface area (Å²) in [6.07, 6.45) is 2.99. The summed E-state index contributed by atoms with van der Waals surface area (Å²) in [5.74, 6) is -0.0826. The minimum Gasteiger partial charge on any atom is -0.395 e. The SMILES string of the molecule is Cc1cc(C)cc(C(=O)NCCCCCC(=O)NCCO)c1. The van der Waals surface area contributed by atoms with Crippen LogP contribution in [0.4, 0.5) is 0 Å². The Morgan fingerprint density at radius 1 is 0.955 bits per heavy atom. The van der Waals surface area contributed by atoms with Crippen molar-refractivity contribution in [1.29, 1.82) is 0 Å². The van der Waals surface area contributed by atoms with E-state index in [4.69, 9.17) is 5.11 Å². The van der Waals surface area contributed by atoms with Crippen LogP contribution in [0.15, 0.2) is 18.2 Å². The number of rotatable bonds is 9. The number of amides is 2. The molecule has 0 spiro atoms. The number of nitrogens with one attached hydrogen (secondary N) is 2. The van der Waals surface area contributed by atoms with Crippen molar-refractivity contribution in [2.24, 2.45) is 0 Å². The van der Waals surface area contributed by atoms with Gasteiger partial charge in [0.2, 0.25) is 5.91 Å². The number of hydrogen-bond acceptors (Lipinski definition) is 3. The molecule has 0 fully saturated rings. The highest BCUT2D eigenvalue weighted by molar-refractivity contribution is 5.94. The summed E-state index contributed by atoms with van der Waals surface area (Å²) in [6, 6.07) is 5.81. The van der Waals surface area contributed by atoms with Gasteiger partial charge in [-0.15, -0.1) is 0 Å². The van der Waals surface area contributed by atoms with E-state index in [-0.39, 0.29) is 18.4 Å². The van der Waals surface area contributed by atoms with E-state index in [1.165, 1.54) is 0 Å². The zero-order valence-electron chi connectivity index (χ0n) is 13.4. The van der Waals surface area contributed by atoms with Gasteiger partial charge in [-0.05, 0) is 38.8 Å². The summed E-state index contributed by atoms with van der Waals surface area (Å²) in [7, 11) is 0. The van der Waals surface area contributed by atoms with E-state index in [2.05, 4.69) is 10.6 Å². The third-order valence-electron chi connectivity index (χ3n) is 3.28. The maximum atomic E-state index is 12.0. The van der Waals surface area contributed by atoms with Crippen molar-refractivity contribution in [2.45, 2.75) is 39.5 Å². The van der Waals surface area contributed by atoms with Crippen LogP contribution in [0.1, 0.15) is 47.2 Å². The van der Waals surface area contributed by atoms with Crippen LogP contribution >= 0.6 is 0 Å². The maximum Gasteiger partial charge on any atom is 0.251 e. The Kier molecular flexibility index (Phi) is 8.22. The molecule has 0 aliphatic carbocycles. The molecule has 0 unspecified atom stereocenters. The Hall–Kier alpha value is -1.88. The van der Waals surface area contributed by atoms with Crippen molar-refractivity contribution < 1.29 is 14.7 Å². The lowest BCUT2D eigenvalue weighted by atomic mass is 10.1. The molecular formula is C17H26N2O3. The Labute approximate surface area is 132 Å². The second-order valence-electron chi connectivity index (χ2n) is 5.52. The number of hydrogen-bond donors (Lipinski definition) is 3. The van der Waals surface area contributed by atoms with Crippen LogP contribution < -0.4 is 10.6 Å². The minimum absolute atomic E-state index is 0.0315. The highest BCUT2D eigenvalue weighted by atomic mass is 16.3. The Morgan fingerprint density at radius 3 is 2.27 bits per heavy atom. The molecule has 0 heterocycles. The third kappa shape index (κ3) is 7.22. The molecule has 3 N–H and O–H groups in total. The number of carbonyl (C=O) groups excluding carboxylic acids is 2. The van der Waals surface area contributed by atoms with E-state index >= 15 is 0 Å². The lowest BCUT2D eigenvalue weighted by Crippen LogP contribution is -2.26. The van der Waals surface area contributed by atoms with Crippen LogP contribution in [0.5, 0.6) is 0 Å². The van der Waals surface area contributed by atoms with Gasteiger partial charge >= 0.3 is 0 Å². The lowest BCUT2D eigenvalue weighted by molar-refractivity contribution is -0.121. The van der Waals surface area contributed by atoms with E-state index in [0.717, 1.165) is 30.4 Å². The van der Waals surface area contributed by atoms with Gasteiger partial charge in [0.1, 0.15) is 0 Å². The van der Waals surface area contributed by atoms with Gasteiger partial charge < -0.3 is 15.7 Å². The van der Waals surface area contributed by atoms with Gasteiger partial charge in [-0.3, -0.25) is 9.59 Å². The summed E-state index contributed by atoms with van der Waals surface area (Å²) in [4.78, 5) is 23.3. The lowest BCUT2D eigenvalue weighted by Gasteiger charge is -2.07. The quantitative estimate of drug-likeness (QED) is 0.608. The zero-order valence-corrected chi connectivity index (χ0v) is 13.4. The predicted octanol–water partition coefficient (Wildman–Crippen LogP) is 1.70. The molecule has 0 atom stereocenters.